The van der Waals surface area contributed by atoms with Crippen LogP contribution in [0, 0.1) is 0 Å². The molecular weight excluding hydrogens is 214 g/mol. The second kappa shape index (κ2) is 4.05. The Bertz CT molecular complexity index is 554. The first-order valence-electron chi connectivity index (χ1n) is 5.69. The van der Waals surface area contributed by atoms with E-state index in [1.54, 1.807) is 12.3 Å². The predicted octanol–water partition coefficient (Wildman–Crippen LogP) is 2.34. The number of aryl methyl sites for hydroxylation is 2. The molecule has 86 valence electrons. The highest BCUT2D eigenvalue weighted by Gasteiger charge is 2.11. The molecule has 0 unspecified atom stereocenters. The van der Waals surface area contributed by atoms with Crippen LogP contribution in [0.2, 0.25) is 0 Å². The maximum absolute atomic E-state index is 5.58. The monoisotopic (exact) mass is 227 g/mol. The lowest BCUT2D eigenvalue weighted by molar-refractivity contribution is 0.442. The Hall–Kier alpha value is -2.10. The number of aromatic nitrogens is 2. The maximum Gasteiger partial charge on any atom is 0.323 e. The largest absolute Gasteiger partial charge is 0.424 e. The summed E-state index contributed by atoms with van der Waals surface area (Å²) >= 11 is 0. The molecule has 1 aromatic carbocycles. The summed E-state index contributed by atoms with van der Waals surface area (Å²) in [7, 11) is 0. The van der Waals surface area contributed by atoms with Gasteiger partial charge in [-0.25, -0.2) is 4.98 Å². The van der Waals surface area contributed by atoms with E-state index in [0.29, 0.717) is 11.8 Å². The summed E-state index contributed by atoms with van der Waals surface area (Å²) in [6.07, 6.45) is 5.12. The second-order valence-corrected chi connectivity index (χ2v) is 4.15. The van der Waals surface area contributed by atoms with Crippen LogP contribution in [-0.4, -0.2) is 9.97 Å². The quantitative estimate of drug-likeness (QED) is 0.855. The molecule has 0 bridgehead atoms. The number of hydrogen-bond acceptors (Lipinski definition) is 4. The normalized spacial score (nSPS) is 13.4. The fourth-order valence-corrected chi connectivity index (χ4v) is 2.12. The van der Waals surface area contributed by atoms with Gasteiger partial charge in [-0.05, 0) is 48.6 Å². The second-order valence-electron chi connectivity index (χ2n) is 4.15. The van der Waals surface area contributed by atoms with Crippen molar-refractivity contribution in [2.75, 3.05) is 5.73 Å². The first-order chi connectivity index (χ1) is 8.31. The number of nitrogens with two attached hydrogens (primary N) is 1. The van der Waals surface area contributed by atoms with Crippen LogP contribution in [0.4, 0.5) is 5.82 Å². The molecule has 4 heteroatoms. The molecule has 0 amide bonds. The van der Waals surface area contributed by atoms with Crippen molar-refractivity contribution >= 4 is 5.82 Å². The smallest absolute Gasteiger partial charge is 0.323 e. The highest BCUT2D eigenvalue weighted by Crippen LogP contribution is 2.27. The molecule has 17 heavy (non-hydrogen) atoms. The minimum Gasteiger partial charge on any atom is -0.424 e. The van der Waals surface area contributed by atoms with Crippen LogP contribution >= 0.6 is 0 Å². The minimum absolute atomic E-state index is 0.294. The number of hydrogen-bond donors (Lipinski definition) is 1. The van der Waals surface area contributed by atoms with Crippen LogP contribution in [0.5, 0.6) is 11.8 Å². The summed E-state index contributed by atoms with van der Waals surface area (Å²) in [5.41, 5.74) is 8.36. The Morgan fingerprint density at radius 2 is 2.00 bits per heavy atom. The van der Waals surface area contributed by atoms with Gasteiger partial charge in [0.15, 0.2) is 0 Å². The highest BCUT2D eigenvalue weighted by atomic mass is 16.5. The summed E-state index contributed by atoms with van der Waals surface area (Å²) in [5.74, 6) is 1.19. The molecule has 0 saturated heterocycles. The molecule has 1 aromatic heterocycles. The Labute approximate surface area is 99.5 Å². The van der Waals surface area contributed by atoms with Crippen molar-refractivity contribution in [1.29, 1.82) is 0 Å². The Balaban J connectivity index is 1.86. The first-order valence-corrected chi connectivity index (χ1v) is 5.69. The fraction of sp³-hybridized carbons (Fsp3) is 0.231. The molecule has 0 saturated carbocycles. The van der Waals surface area contributed by atoms with E-state index >= 15 is 0 Å². The van der Waals surface area contributed by atoms with Crippen molar-refractivity contribution in [3.05, 3.63) is 41.6 Å². The van der Waals surface area contributed by atoms with Crippen molar-refractivity contribution in [1.82, 2.24) is 9.97 Å². The SMILES string of the molecule is Nc1ccnc(Oc2ccc3c(c2)CCC3)n1. The van der Waals surface area contributed by atoms with E-state index in [0.717, 1.165) is 12.2 Å². The van der Waals surface area contributed by atoms with Gasteiger partial charge in [0.2, 0.25) is 0 Å². The van der Waals surface area contributed by atoms with Crippen LogP contribution in [-0.2, 0) is 12.8 Å². The van der Waals surface area contributed by atoms with E-state index < -0.39 is 0 Å². The lowest BCUT2D eigenvalue weighted by Crippen LogP contribution is -1.96. The maximum atomic E-state index is 5.58. The summed E-state index contributed by atoms with van der Waals surface area (Å²) in [5, 5.41) is 0. The van der Waals surface area contributed by atoms with Crippen LogP contribution in [0.25, 0.3) is 0 Å². The zero-order chi connectivity index (χ0) is 11.7. The van der Waals surface area contributed by atoms with Crippen molar-refractivity contribution in [3.63, 3.8) is 0 Å². The van der Waals surface area contributed by atoms with Gasteiger partial charge in [-0.2, -0.15) is 4.98 Å². The molecule has 1 aliphatic carbocycles. The number of fused-ring (bicyclic) bond motifs is 1. The number of anilines is 1. The Morgan fingerprint density at radius 3 is 2.88 bits per heavy atom. The third-order valence-corrected chi connectivity index (χ3v) is 2.93. The number of nitrogens with zero attached hydrogens (tertiary/aromatic N) is 2. The van der Waals surface area contributed by atoms with Crippen LogP contribution in [0.3, 0.4) is 0 Å². The standard InChI is InChI=1S/C13H13N3O/c14-12-6-7-15-13(16-12)17-11-5-4-9-2-1-3-10(9)8-11/h4-8H,1-3H2,(H2,14,15,16). The van der Waals surface area contributed by atoms with E-state index in [-0.39, 0.29) is 0 Å². The Kier molecular flexibility index (Phi) is 2.40. The van der Waals surface area contributed by atoms with Crippen molar-refractivity contribution in [3.8, 4) is 11.8 Å². The zero-order valence-electron chi connectivity index (χ0n) is 9.39. The van der Waals surface area contributed by atoms with Crippen molar-refractivity contribution in [2.45, 2.75) is 19.3 Å². The molecule has 2 N–H and O–H groups in total. The van der Waals surface area contributed by atoms with Gasteiger partial charge in [-0.3, -0.25) is 0 Å². The van der Waals surface area contributed by atoms with Gasteiger partial charge in [0, 0.05) is 6.20 Å². The number of nitrogen functional groups attached to an aromatic ring is 1. The number of benzene rings is 1. The van der Waals surface area contributed by atoms with Gasteiger partial charge in [0.05, 0.1) is 0 Å². The van der Waals surface area contributed by atoms with Gasteiger partial charge in [0.25, 0.3) is 0 Å². The van der Waals surface area contributed by atoms with Crippen molar-refractivity contribution in [2.24, 2.45) is 0 Å². The Morgan fingerprint density at radius 1 is 1.12 bits per heavy atom. The lowest BCUT2D eigenvalue weighted by atomic mass is 10.1. The topological polar surface area (TPSA) is 61.0 Å². The van der Waals surface area contributed by atoms with E-state index in [1.165, 1.54) is 24.0 Å². The molecule has 1 heterocycles. The molecule has 0 spiro atoms. The van der Waals surface area contributed by atoms with Crippen LogP contribution < -0.4 is 10.5 Å². The molecule has 4 nitrogen and oxygen atoms in total. The first kappa shape index (κ1) is 10.1. The van der Waals surface area contributed by atoms with Gasteiger partial charge in [-0.1, -0.05) is 6.07 Å². The summed E-state index contributed by atoms with van der Waals surface area (Å²) in [4.78, 5) is 8.02. The third kappa shape index (κ3) is 2.06. The van der Waals surface area contributed by atoms with E-state index in [1.807, 2.05) is 6.07 Å². The lowest BCUT2D eigenvalue weighted by Gasteiger charge is -2.06. The molecular formula is C13H13N3O. The minimum atomic E-state index is 0.294. The molecule has 0 radical (unpaired) electrons. The number of ether oxygens (including phenoxy) is 1. The van der Waals surface area contributed by atoms with Gasteiger partial charge in [0.1, 0.15) is 11.6 Å². The summed E-state index contributed by atoms with van der Waals surface area (Å²) < 4.78 is 5.58. The molecule has 1 aliphatic rings. The molecule has 0 atom stereocenters. The van der Waals surface area contributed by atoms with Gasteiger partial charge in [-0.15, -0.1) is 0 Å². The zero-order valence-corrected chi connectivity index (χ0v) is 9.39. The fourth-order valence-electron chi connectivity index (χ4n) is 2.12. The van der Waals surface area contributed by atoms with Gasteiger partial charge < -0.3 is 10.5 Å². The molecule has 2 aromatic rings. The van der Waals surface area contributed by atoms with Crippen LogP contribution in [0.1, 0.15) is 17.5 Å². The summed E-state index contributed by atoms with van der Waals surface area (Å²) in [6, 6.07) is 8.06. The molecule has 3 rings (SSSR count). The highest BCUT2D eigenvalue weighted by molar-refractivity contribution is 5.39. The molecule has 0 fully saturated rings. The molecule has 0 aliphatic heterocycles. The average molecular weight is 227 g/mol. The summed E-state index contributed by atoms with van der Waals surface area (Å²) in [6.45, 7) is 0. The third-order valence-electron chi connectivity index (χ3n) is 2.93. The predicted molar refractivity (Wildman–Crippen MR) is 65.0 cm³/mol. The average Bonchev–Trinajstić information content (AvgIpc) is 2.76. The van der Waals surface area contributed by atoms with Crippen molar-refractivity contribution < 1.29 is 4.74 Å². The number of rotatable bonds is 2. The van der Waals surface area contributed by atoms with E-state index in [4.69, 9.17) is 10.5 Å². The van der Waals surface area contributed by atoms with Crippen LogP contribution in [0.15, 0.2) is 30.5 Å². The van der Waals surface area contributed by atoms with E-state index in [2.05, 4.69) is 22.1 Å². The van der Waals surface area contributed by atoms with Gasteiger partial charge >= 0.3 is 6.01 Å². The van der Waals surface area contributed by atoms with E-state index in [9.17, 15) is 0 Å².